The molecule has 32 heavy (non-hydrogen) atoms. The van der Waals surface area contributed by atoms with E-state index in [1.807, 2.05) is 12.1 Å². The number of morpholine rings is 1. The van der Waals surface area contributed by atoms with Crippen LogP contribution in [0.1, 0.15) is 15.9 Å². The highest BCUT2D eigenvalue weighted by atomic mass is 16.5. The van der Waals surface area contributed by atoms with Crippen molar-refractivity contribution in [3.05, 3.63) is 72.1 Å². The zero-order valence-electron chi connectivity index (χ0n) is 17.1. The summed E-state index contributed by atoms with van der Waals surface area (Å²) in [6.45, 7) is 2.03. The fourth-order valence-corrected chi connectivity index (χ4v) is 3.77. The summed E-state index contributed by atoms with van der Waals surface area (Å²) in [7, 11) is 0. The average Bonchev–Trinajstić information content (AvgIpc) is 3.27. The molecule has 1 amide bonds. The molecule has 1 N–H and O–H groups in total. The van der Waals surface area contributed by atoms with Gasteiger partial charge in [-0.25, -0.2) is 9.50 Å². The van der Waals surface area contributed by atoms with Crippen molar-refractivity contribution in [2.45, 2.75) is 0 Å². The third-order valence-electron chi connectivity index (χ3n) is 5.52. The number of aromatic nitrogens is 3. The Morgan fingerprint density at radius 1 is 1.06 bits per heavy atom. The number of amides is 1. The summed E-state index contributed by atoms with van der Waals surface area (Å²) in [6, 6.07) is 16.1. The minimum absolute atomic E-state index is 0.0820. The van der Waals surface area contributed by atoms with Gasteiger partial charge in [0.15, 0.2) is 5.65 Å². The zero-order valence-corrected chi connectivity index (χ0v) is 17.1. The lowest BCUT2D eigenvalue weighted by molar-refractivity contribution is 0.0301. The van der Waals surface area contributed by atoms with Crippen molar-refractivity contribution in [2.24, 2.45) is 0 Å². The van der Waals surface area contributed by atoms with Crippen molar-refractivity contribution in [1.82, 2.24) is 19.5 Å². The first-order valence-corrected chi connectivity index (χ1v) is 10.2. The molecule has 0 bridgehead atoms. The normalized spacial score (nSPS) is 13.8. The molecular weight excluding hydrogens is 406 g/mol. The fourth-order valence-electron chi connectivity index (χ4n) is 3.77. The summed E-state index contributed by atoms with van der Waals surface area (Å²) in [6.07, 6.45) is 3.53. The Balaban J connectivity index is 1.48. The van der Waals surface area contributed by atoms with Gasteiger partial charge in [-0.15, -0.1) is 0 Å². The number of aromatic hydroxyl groups is 1. The second-order valence-corrected chi connectivity index (χ2v) is 7.46. The van der Waals surface area contributed by atoms with Crippen LogP contribution in [-0.2, 0) is 4.74 Å². The first-order valence-electron chi connectivity index (χ1n) is 10.2. The lowest BCUT2D eigenvalue weighted by Gasteiger charge is -2.27. The van der Waals surface area contributed by atoms with Gasteiger partial charge in [0.2, 0.25) is 0 Å². The van der Waals surface area contributed by atoms with Crippen molar-refractivity contribution in [3.8, 4) is 34.2 Å². The SMILES string of the molecule is N#Cc1ccc(-c2cnn3ccc(-c4ccc(C(=O)N5CCOCC5)c(O)c4)nc23)cc1. The van der Waals surface area contributed by atoms with E-state index in [9.17, 15) is 9.90 Å². The average molecular weight is 425 g/mol. The monoisotopic (exact) mass is 425 g/mol. The minimum atomic E-state index is -0.209. The molecule has 0 radical (unpaired) electrons. The Labute approximate surface area is 183 Å². The highest BCUT2D eigenvalue weighted by Gasteiger charge is 2.21. The molecule has 0 saturated carbocycles. The van der Waals surface area contributed by atoms with Gasteiger partial charge in [-0.1, -0.05) is 18.2 Å². The molecule has 8 heteroatoms. The molecule has 8 nitrogen and oxygen atoms in total. The molecule has 1 fully saturated rings. The van der Waals surface area contributed by atoms with Crippen LogP contribution in [0.2, 0.25) is 0 Å². The minimum Gasteiger partial charge on any atom is -0.507 e. The Hall–Kier alpha value is -4.22. The third-order valence-corrected chi connectivity index (χ3v) is 5.52. The molecule has 2 aromatic carbocycles. The molecule has 0 spiro atoms. The highest BCUT2D eigenvalue weighted by molar-refractivity contribution is 5.97. The van der Waals surface area contributed by atoms with E-state index in [1.165, 1.54) is 0 Å². The van der Waals surface area contributed by atoms with Gasteiger partial charge in [-0.2, -0.15) is 10.4 Å². The van der Waals surface area contributed by atoms with Crippen LogP contribution in [0, 0.1) is 11.3 Å². The van der Waals surface area contributed by atoms with Crippen LogP contribution >= 0.6 is 0 Å². The number of ether oxygens (including phenoxy) is 1. The number of carbonyl (C=O) groups excluding carboxylic acids is 1. The van der Waals surface area contributed by atoms with Crippen LogP contribution in [0.25, 0.3) is 28.0 Å². The van der Waals surface area contributed by atoms with E-state index >= 15 is 0 Å². The van der Waals surface area contributed by atoms with E-state index in [1.54, 1.807) is 58.2 Å². The van der Waals surface area contributed by atoms with E-state index in [-0.39, 0.29) is 17.2 Å². The largest absolute Gasteiger partial charge is 0.507 e. The Morgan fingerprint density at radius 2 is 1.81 bits per heavy atom. The zero-order chi connectivity index (χ0) is 22.1. The molecule has 1 aliphatic heterocycles. The predicted octanol–water partition coefficient (Wildman–Crippen LogP) is 3.11. The standard InChI is InChI=1S/C24H19N5O3/c25-14-16-1-3-17(4-2-16)20-15-26-29-8-7-21(27-23(20)29)18-5-6-19(22(30)13-18)24(31)28-9-11-32-12-10-28/h1-8,13,15,30H,9-12H2. The van der Waals surface area contributed by atoms with Crippen LogP contribution in [-0.4, -0.2) is 56.8 Å². The fraction of sp³-hybridized carbons (Fsp3) is 0.167. The molecule has 3 heterocycles. The second kappa shape index (κ2) is 8.13. The maximum atomic E-state index is 12.7. The van der Waals surface area contributed by atoms with Gasteiger partial charge >= 0.3 is 0 Å². The Bertz CT molecular complexity index is 1350. The summed E-state index contributed by atoms with van der Waals surface area (Å²) < 4.78 is 6.96. The van der Waals surface area contributed by atoms with Gasteiger partial charge in [0.25, 0.3) is 5.91 Å². The van der Waals surface area contributed by atoms with Gasteiger partial charge in [0.1, 0.15) is 5.75 Å². The number of fused-ring (bicyclic) bond motifs is 1. The molecule has 158 valence electrons. The van der Waals surface area contributed by atoms with Crippen molar-refractivity contribution < 1.29 is 14.6 Å². The number of benzene rings is 2. The van der Waals surface area contributed by atoms with Gasteiger partial charge in [-0.05, 0) is 35.9 Å². The lowest BCUT2D eigenvalue weighted by atomic mass is 10.1. The number of rotatable bonds is 3. The number of hydrogen-bond donors (Lipinski definition) is 1. The first kappa shape index (κ1) is 19.7. The maximum Gasteiger partial charge on any atom is 0.257 e. The summed E-state index contributed by atoms with van der Waals surface area (Å²) in [5.41, 5.74) is 4.57. The van der Waals surface area contributed by atoms with Crippen molar-refractivity contribution in [3.63, 3.8) is 0 Å². The summed E-state index contributed by atoms with van der Waals surface area (Å²) >= 11 is 0. The topological polar surface area (TPSA) is 104 Å². The predicted molar refractivity (Wildman–Crippen MR) is 117 cm³/mol. The van der Waals surface area contributed by atoms with Crippen LogP contribution in [0.3, 0.4) is 0 Å². The van der Waals surface area contributed by atoms with Crippen LogP contribution in [0.4, 0.5) is 0 Å². The van der Waals surface area contributed by atoms with Gasteiger partial charge < -0.3 is 14.7 Å². The number of phenolic OH excluding ortho intramolecular Hbond substituents is 1. The molecular formula is C24H19N5O3. The first-order chi connectivity index (χ1) is 15.6. The number of nitriles is 1. The van der Waals surface area contributed by atoms with Crippen LogP contribution < -0.4 is 0 Å². The molecule has 5 rings (SSSR count). The molecule has 0 unspecified atom stereocenters. The molecule has 0 atom stereocenters. The van der Waals surface area contributed by atoms with E-state index in [0.29, 0.717) is 48.8 Å². The molecule has 1 aliphatic rings. The van der Waals surface area contributed by atoms with Crippen molar-refractivity contribution in [1.29, 1.82) is 5.26 Å². The number of hydrogen-bond acceptors (Lipinski definition) is 6. The third kappa shape index (κ3) is 3.55. The molecule has 2 aromatic heterocycles. The number of carbonyl (C=O) groups is 1. The maximum absolute atomic E-state index is 12.7. The van der Waals surface area contributed by atoms with E-state index < -0.39 is 0 Å². The van der Waals surface area contributed by atoms with Gasteiger partial charge in [-0.3, -0.25) is 4.79 Å². The van der Waals surface area contributed by atoms with Crippen LogP contribution in [0.5, 0.6) is 5.75 Å². The van der Waals surface area contributed by atoms with E-state index in [4.69, 9.17) is 15.0 Å². The number of phenols is 1. The van der Waals surface area contributed by atoms with Gasteiger partial charge in [0.05, 0.1) is 42.3 Å². The smallest absolute Gasteiger partial charge is 0.257 e. The van der Waals surface area contributed by atoms with Crippen molar-refractivity contribution in [2.75, 3.05) is 26.3 Å². The number of nitrogens with zero attached hydrogens (tertiary/aromatic N) is 5. The quantitative estimate of drug-likeness (QED) is 0.541. The van der Waals surface area contributed by atoms with E-state index in [2.05, 4.69) is 11.2 Å². The highest BCUT2D eigenvalue weighted by Crippen LogP contribution is 2.29. The lowest BCUT2D eigenvalue weighted by Crippen LogP contribution is -2.40. The second-order valence-electron chi connectivity index (χ2n) is 7.46. The molecule has 4 aromatic rings. The summed E-state index contributed by atoms with van der Waals surface area (Å²) in [4.78, 5) is 19.1. The van der Waals surface area contributed by atoms with Crippen molar-refractivity contribution >= 4 is 11.6 Å². The molecule has 0 aliphatic carbocycles. The van der Waals surface area contributed by atoms with E-state index in [0.717, 1.165) is 11.1 Å². The van der Waals surface area contributed by atoms with Crippen LogP contribution in [0.15, 0.2) is 60.9 Å². The van der Waals surface area contributed by atoms with Gasteiger partial charge in [0, 0.05) is 30.4 Å². The summed E-state index contributed by atoms with van der Waals surface area (Å²) in [5.74, 6) is -0.291. The summed E-state index contributed by atoms with van der Waals surface area (Å²) in [5, 5.41) is 23.9. The molecule has 1 saturated heterocycles. The Kier molecular flexibility index (Phi) is 5.01. The Morgan fingerprint density at radius 3 is 2.53 bits per heavy atom.